The second-order valence-electron chi connectivity index (χ2n) is 5.76. The van der Waals surface area contributed by atoms with E-state index >= 15 is 0 Å². The van der Waals surface area contributed by atoms with Gasteiger partial charge in [0, 0.05) is 5.92 Å². The third kappa shape index (κ3) is 2.25. The van der Waals surface area contributed by atoms with Crippen molar-refractivity contribution < 1.29 is 22.3 Å². The van der Waals surface area contributed by atoms with Gasteiger partial charge in [0.15, 0.2) is 27.2 Å². The highest BCUT2D eigenvalue weighted by Crippen LogP contribution is 2.42. The fraction of sp³-hybridized carbons (Fsp3) is 0.533. The van der Waals surface area contributed by atoms with Crippen molar-refractivity contribution in [2.45, 2.75) is 36.2 Å². The molecule has 0 saturated carbocycles. The van der Waals surface area contributed by atoms with E-state index in [0.717, 1.165) is 0 Å². The first kappa shape index (κ1) is 14.5. The quantitative estimate of drug-likeness (QED) is 0.804. The van der Waals surface area contributed by atoms with Crippen molar-refractivity contribution in [1.82, 2.24) is 0 Å². The largest absolute Gasteiger partial charge is 0.493 e. The fourth-order valence-electron chi connectivity index (χ4n) is 3.55. The molecule has 2 saturated heterocycles. The first-order chi connectivity index (χ1) is 9.95. The maximum absolute atomic E-state index is 13.7. The predicted molar refractivity (Wildman–Crippen MR) is 75.7 cm³/mol. The van der Waals surface area contributed by atoms with Crippen LogP contribution in [0.5, 0.6) is 5.75 Å². The summed E-state index contributed by atoms with van der Waals surface area (Å²) in [7, 11) is -1.74. The van der Waals surface area contributed by atoms with Crippen molar-refractivity contribution in [2.75, 3.05) is 7.11 Å². The molecule has 0 aromatic heterocycles. The van der Waals surface area contributed by atoms with Crippen molar-refractivity contribution in [1.29, 1.82) is 0 Å². The molecule has 0 amide bonds. The third-order valence-electron chi connectivity index (χ3n) is 4.64. The minimum atomic E-state index is -3.06. The van der Waals surface area contributed by atoms with E-state index in [0.29, 0.717) is 25.7 Å². The van der Waals surface area contributed by atoms with Gasteiger partial charge in [0.25, 0.3) is 0 Å². The summed E-state index contributed by atoms with van der Waals surface area (Å²) >= 11 is 0. The molecule has 21 heavy (non-hydrogen) atoms. The maximum atomic E-state index is 13.7. The number of fused-ring (bicyclic) bond motifs is 2. The number of hydrogen-bond donors (Lipinski definition) is 0. The highest BCUT2D eigenvalue weighted by atomic mass is 32.2. The number of halogens is 1. The number of rotatable bonds is 3. The molecular weight excluding hydrogens is 295 g/mol. The number of carbonyl (C=O) groups excluding carboxylic acids is 1. The number of ether oxygens (including phenoxy) is 1. The molecule has 114 valence electrons. The highest BCUT2D eigenvalue weighted by Gasteiger charge is 2.48. The van der Waals surface area contributed by atoms with Crippen molar-refractivity contribution >= 4 is 15.6 Å². The van der Waals surface area contributed by atoms with Crippen molar-refractivity contribution in [2.24, 2.45) is 5.92 Å². The van der Waals surface area contributed by atoms with Crippen molar-refractivity contribution in [3.8, 4) is 5.75 Å². The second kappa shape index (κ2) is 5.09. The lowest BCUT2D eigenvalue weighted by Crippen LogP contribution is -2.36. The molecule has 2 aliphatic heterocycles. The Kier molecular flexibility index (Phi) is 3.51. The molecule has 0 spiro atoms. The van der Waals surface area contributed by atoms with Gasteiger partial charge in [0.05, 0.1) is 23.2 Å². The van der Waals surface area contributed by atoms with Gasteiger partial charge < -0.3 is 4.74 Å². The fourth-order valence-corrected chi connectivity index (χ4v) is 6.03. The van der Waals surface area contributed by atoms with Crippen LogP contribution < -0.4 is 4.74 Å². The van der Waals surface area contributed by atoms with E-state index in [-0.39, 0.29) is 23.0 Å². The molecular formula is C15H17FO4S. The first-order valence-corrected chi connectivity index (χ1v) is 8.65. The van der Waals surface area contributed by atoms with Crippen molar-refractivity contribution in [3.63, 3.8) is 0 Å². The Bertz CT molecular complexity index is 663. The Morgan fingerprint density at radius 1 is 1.24 bits per heavy atom. The van der Waals surface area contributed by atoms with Crippen LogP contribution in [0, 0.1) is 11.7 Å². The lowest BCUT2D eigenvalue weighted by molar-refractivity contribution is 0.0901. The molecule has 1 aromatic rings. The van der Waals surface area contributed by atoms with E-state index in [1.54, 1.807) is 0 Å². The van der Waals surface area contributed by atoms with Gasteiger partial charge >= 0.3 is 0 Å². The van der Waals surface area contributed by atoms with E-state index in [1.165, 1.54) is 25.3 Å². The van der Waals surface area contributed by atoms with Gasteiger partial charge in [0.1, 0.15) is 0 Å². The Morgan fingerprint density at radius 3 is 2.43 bits per heavy atom. The summed E-state index contributed by atoms with van der Waals surface area (Å²) < 4.78 is 42.8. The zero-order valence-corrected chi connectivity index (χ0v) is 12.5. The lowest BCUT2D eigenvalue weighted by Gasteiger charge is -2.27. The van der Waals surface area contributed by atoms with E-state index < -0.39 is 26.2 Å². The predicted octanol–water partition coefficient (Wildman–Crippen LogP) is 2.37. The molecule has 0 radical (unpaired) electrons. The molecule has 6 heteroatoms. The summed E-state index contributed by atoms with van der Waals surface area (Å²) in [5.41, 5.74) is 0.209. The van der Waals surface area contributed by atoms with Gasteiger partial charge in [-0.05, 0) is 37.8 Å². The zero-order valence-electron chi connectivity index (χ0n) is 11.7. The van der Waals surface area contributed by atoms with Gasteiger partial charge in [-0.25, -0.2) is 12.8 Å². The van der Waals surface area contributed by atoms with Gasteiger partial charge in [-0.15, -0.1) is 0 Å². The van der Waals surface area contributed by atoms with Crippen LogP contribution in [-0.2, 0) is 9.84 Å². The monoisotopic (exact) mass is 312 g/mol. The molecule has 1 aromatic carbocycles. The van der Waals surface area contributed by atoms with E-state index in [4.69, 9.17) is 4.74 Å². The van der Waals surface area contributed by atoms with Crippen LogP contribution in [0.4, 0.5) is 4.39 Å². The number of sulfone groups is 1. The van der Waals surface area contributed by atoms with Crippen LogP contribution >= 0.6 is 0 Å². The molecule has 2 fully saturated rings. The number of benzene rings is 1. The first-order valence-electron chi connectivity index (χ1n) is 7.04. The van der Waals surface area contributed by atoms with Crippen LogP contribution in [0.15, 0.2) is 18.2 Å². The average molecular weight is 312 g/mol. The molecule has 2 unspecified atom stereocenters. The van der Waals surface area contributed by atoms with Gasteiger partial charge in [-0.2, -0.15) is 0 Å². The summed E-state index contributed by atoms with van der Waals surface area (Å²) in [6.45, 7) is 0. The Hall–Kier alpha value is -1.43. The minimum absolute atomic E-state index is 0.0525. The Balaban J connectivity index is 1.90. The topological polar surface area (TPSA) is 60.4 Å². The molecule has 2 aliphatic rings. The smallest absolute Gasteiger partial charge is 0.169 e. The summed E-state index contributed by atoms with van der Waals surface area (Å²) in [6, 6.07) is 4.25. The van der Waals surface area contributed by atoms with Crippen molar-refractivity contribution in [3.05, 3.63) is 29.6 Å². The molecule has 0 N–H and O–H groups in total. The highest BCUT2D eigenvalue weighted by molar-refractivity contribution is 7.93. The average Bonchev–Trinajstić information content (AvgIpc) is 2.66. The molecule has 3 rings (SSSR count). The Morgan fingerprint density at radius 2 is 1.86 bits per heavy atom. The van der Waals surface area contributed by atoms with Gasteiger partial charge in [0.2, 0.25) is 0 Å². The molecule has 2 atom stereocenters. The number of Topliss-reactive ketones (excluding diaryl/α,β-unsaturated/α-hetero) is 1. The number of hydrogen-bond acceptors (Lipinski definition) is 4. The van der Waals surface area contributed by atoms with E-state index in [2.05, 4.69) is 0 Å². The van der Waals surface area contributed by atoms with Gasteiger partial charge in [-0.1, -0.05) is 6.07 Å². The van der Waals surface area contributed by atoms with Crippen LogP contribution in [0.25, 0.3) is 0 Å². The summed E-state index contributed by atoms with van der Waals surface area (Å²) in [5, 5.41) is -0.825. The normalized spacial score (nSPS) is 30.1. The SMILES string of the molecule is COc1c(F)cccc1C(=O)C1CC2CCC(C1)S2(=O)=O. The second-order valence-corrected chi connectivity index (χ2v) is 8.27. The van der Waals surface area contributed by atoms with E-state index in [9.17, 15) is 17.6 Å². The molecule has 2 heterocycles. The number of carbonyl (C=O) groups is 1. The van der Waals surface area contributed by atoms with Gasteiger partial charge in [-0.3, -0.25) is 4.79 Å². The number of ketones is 1. The minimum Gasteiger partial charge on any atom is -0.493 e. The summed E-state index contributed by atoms with van der Waals surface area (Å²) in [5.74, 6) is -1.20. The summed E-state index contributed by atoms with van der Waals surface area (Å²) in [6.07, 6.45) is 1.96. The van der Waals surface area contributed by atoms with Crippen LogP contribution in [0.2, 0.25) is 0 Å². The van der Waals surface area contributed by atoms with E-state index in [1.807, 2.05) is 0 Å². The van der Waals surface area contributed by atoms with Crippen LogP contribution in [-0.4, -0.2) is 31.8 Å². The molecule has 0 aliphatic carbocycles. The Labute approximate surface area is 123 Å². The van der Waals surface area contributed by atoms with Crippen LogP contribution in [0.1, 0.15) is 36.0 Å². The maximum Gasteiger partial charge on any atom is 0.169 e. The lowest BCUT2D eigenvalue weighted by atomic mass is 9.90. The molecule has 4 nitrogen and oxygen atoms in total. The van der Waals surface area contributed by atoms with Crippen LogP contribution in [0.3, 0.4) is 0 Å². The third-order valence-corrected chi connectivity index (χ3v) is 7.36. The number of para-hydroxylation sites is 1. The standard InChI is InChI=1S/C15H17FO4S/c1-20-15-12(3-2-4-13(15)16)14(17)9-7-10-5-6-11(8-9)21(10,18)19/h2-4,9-11H,5-8H2,1H3. The summed E-state index contributed by atoms with van der Waals surface area (Å²) in [4.78, 5) is 12.6. The zero-order chi connectivity index (χ0) is 15.2. The number of methoxy groups -OCH3 is 1. The molecule has 2 bridgehead atoms.